The molecule has 0 saturated carbocycles. The molecular formula is C36H46Cl2F3N5O5. The maximum Gasteiger partial charge on any atom is 0.422 e. The van der Waals surface area contributed by atoms with Crippen LogP contribution < -0.4 is 14.2 Å². The number of alkyl halides is 3. The van der Waals surface area contributed by atoms with E-state index in [0.29, 0.717) is 57.9 Å². The number of amides is 1. The van der Waals surface area contributed by atoms with E-state index in [1.165, 1.54) is 7.11 Å². The summed E-state index contributed by atoms with van der Waals surface area (Å²) in [6, 6.07) is 20.5. The number of aromatic nitrogens is 2. The average Bonchev–Trinajstić information content (AvgIpc) is 3.08. The van der Waals surface area contributed by atoms with E-state index in [1.807, 2.05) is 48.2 Å². The number of carbonyl (C=O) groups excluding carboxylic acids is 1. The molecule has 6 rings (SSSR count). The number of carbonyl (C=O) groups is 1. The van der Waals surface area contributed by atoms with Crippen LogP contribution in [-0.2, 0) is 16.1 Å². The molecule has 0 radical (unpaired) electrons. The Morgan fingerprint density at radius 2 is 1.55 bits per heavy atom. The van der Waals surface area contributed by atoms with Gasteiger partial charge in [0.25, 0.3) is 0 Å². The Balaban J connectivity index is 0.00000292. The molecule has 0 N–H and O–H groups in total. The first-order valence-electron chi connectivity index (χ1n) is 16.9. The normalized spacial score (nSPS) is 20.3. The third-order valence-corrected chi connectivity index (χ3v) is 9.88. The van der Waals surface area contributed by atoms with Gasteiger partial charge in [-0.25, -0.2) is 0 Å². The summed E-state index contributed by atoms with van der Waals surface area (Å²) in [6.45, 7) is 6.47. The molecule has 0 bridgehead atoms. The zero-order valence-corrected chi connectivity index (χ0v) is 30.6. The zero-order valence-electron chi connectivity index (χ0n) is 29.0. The number of methoxy groups -OCH3 is 1. The molecule has 51 heavy (non-hydrogen) atoms. The van der Waals surface area contributed by atoms with Crippen LogP contribution in [0, 0.1) is 5.41 Å². The van der Waals surface area contributed by atoms with Gasteiger partial charge in [-0.2, -0.15) is 23.1 Å². The van der Waals surface area contributed by atoms with E-state index in [2.05, 4.69) is 44.0 Å². The largest absolute Gasteiger partial charge is 0.481 e. The van der Waals surface area contributed by atoms with Gasteiger partial charge < -0.3 is 23.8 Å². The highest BCUT2D eigenvalue weighted by Gasteiger charge is 2.49. The summed E-state index contributed by atoms with van der Waals surface area (Å²) in [6.07, 6.45) is -3.86. The van der Waals surface area contributed by atoms with E-state index in [-0.39, 0.29) is 79.6 Å². The van der Waals surface area contributed by atoms with Crippen molar-refractivity contribution < 1.29 is 36.9 Å². The highest BCUT2D eigenvalue weighted by molar-refractivity contribution is 5.85. The lowest BCUT2D eigenvalue weighted by molar-refractivity contribution is -0.177. The molecule has 4 heterocycles. The topological polar surface area (TPSA) is 89.5 Å². The summed E-state index contributed by atoms with van der Waals surface area (Å²) in [4.78, 5) is 29.1. The fraction of sp³-hybridized carbons (Fsp3) is 0.528. The monoisotopic (exact) mass is 755 g/mol. The van der Waals surface area contributed by atoms with Crippen molar-refractivity contribution in [3.8, 4) is 17.8 Å². The molecule has 3 fully saturated rings. The first-order chi connectivity index (χ1) is 23.6. The van der Waals surface area contributed by atoms with Gasteiger partial charge in [-0.15, -0.1) is 24.8 Å². The van der Waals surface area contributed by atoms with Gasteiger partial charge >= 0.3 is 12.2 Å². The molecular weight excluding hydrogens is 710 g/mol. The lowest BCUT2D eigenvalue weighted by Crippen LogP contribution is -2.69. The van der Waals surface area contributed by atoms with E-state index in [9.17, 15) is 18.0 Å². The van der Waals surface area contributed by atoms with Gasteiger partial charge in [-0.3, -0.25) is 14.6 Å². The molecule has 3 aliphatic heterocycles. The standard InChI is InChI=1S/C36H44F3N5O5.2ClH/c1-4-35(22-47-23-35)33(45)43-16-17-44-27(19-43)18-42(21-29(44)30(25-12-8-6-9-13-25)26-14-10-7-11-15-26)20-28-31(46-3)40-34(48-5-2)41-32(28)49-24-36(37,38)39;;/h6-15,27,29-30H,4-5,16-24H2,1-3H3;2*1H. The van der Waals surface area contributed by atoms with Crippen molar-refractivity contribution >= 4 is 30.7 Å². The third kappa shape index (κ3) is 9.00. The molecule has 3 saturated heterocycles. The highest BCUT2D eigenvalue weighted by Crippen LogP contribution is 2.39. The molecule has 2 aromatic carbocycles. The first-order valence-corrected chi connectivity index (χ1v) is 16.9. The van der Waals surface area contributed by atoms with Crippen LogP contribution in [-0.4, -0.2) is 115 Å². The Kier molecular flexibility index (Phi) is 13.8. The van der Waals surface area contributed by atoms with Crippen LogP contribution >= 0.6 is 24.8 Å². The Labute approximate surface area is 309 Å². The van der Waals surface area contributed by atoms with E-state index in [4.69, 9.17) is 18.9 Å². The Morgan fingerprint density at radius 3 is 2.08 bits per heavy atom. The predicted molar refractivity (Wildman–Crippen MR) is 190 cm³/mol. The molecule has 3 aromatic rings. The Hall–Kier alpha value is -3.36. The number of halogens is 5. The molecule has 2 atom stereocenters. The predicted octanol–water partition coefficient (Wildman–Crippen LogP) is 5.62. The first kappa shape index (κ1) is 40.4. The fourth-order valence-corrected chi connectivity index (χ4v) is 7.36. The molecule has 10 nitrogen and oxygen atoms in total. The maximum atomic E-state index is 13.9. The van der Waals surface area contributed by atoms with Crippen molar-refractivity contribution in [3.63, 3.8) is 0 Å². The Bertz CT molecular complexity index is 1530. The maximum absolute atomic E-state index is 13.9. The van der Waals surface area contributed by atoms with Crippen molar-refractivity contribution in [1.29, 1.82) is 0 Å². The molecule has 3 aliphatic rings. The van der Waals surface area contributed by atoms with Crippen molar-refractivity contribution in [1.82, 2.24) is 24.7 Å². The fourth-order valence-electron chi connectivity index (χ4n) is 7.36. The number of fused-ring (bicyclic) bond motifs is 1. The number of piperazine rings is 2. The number of hydrogen-bond acceptors (Lipinski definition) is 9. The van der Waals surface area contributed by atoms with Gasteiger partial charge in [0.2, 0.25) is 17.7 Å². The van der Waals surface area contributed by atoms with Crippen LogP contribution in [0.25, 0.3) is 0 Å². The second-order valence-corrected chi connectivity index (χ2v) is 13.0. The van der Waals surface area contributed by atoms with Crippen molar-refractivity contribution in [2.45, 2.75) is 51.0 Å². The lowest BCUT2D eigenvalue weighted by Gasteiger charge is -2.55. The van der Waals surface area contributed by atoms with E-state index < -0.39 is 18.2 Å². The number of nitrogens with zero attached hydrogens (tertiary/aromatic N) is 5. The number of ether oxygens (including phenoxy) is 4. The van der Waals surface area contributed by atoms with Crippen molar-refractivity contribution in [2.24, 2.45) is 5.41 Å². The lowest BCUT2D eigenvalue weighted by atomic mass is 9.80. The minimum atomic E-state index is -4.57. The van der Waals surface area contributed by atoms with Crippen LogP contribution in [0.2, 0.25) is 0 Å². The van der Waals surface area contributed by atoms with Crippen LogP contribution in [0.15, 0.2) is 60.7 Å². The minimum Gasteiger partial charge on any atom is -0.481 e. The smallest absolute Gasteiger partial charge is 0.422 e. The number of hydrogen-bond donors (Lipinski definition) is 0. The van der Waals surface area contributed by atoms with E-state index in [0.717, 1.165) is 11.1 Å². The molecule has 1 aromatic heterocycles. The highest BCUT2D eigenvalue weighted by atomic mass is 35.5. The van der Waals surface area contributed by atoms with Gasteiger partial charge in [0.15, 0.2) is 6.61 Å². The summed E-state index contributed by atoms with van der Waals surface area (Å²) < 4.78 is 61.9. The van der Waals surface area contributed by atoms with Crippen molar-refractivity contribution in [3.05, 3.63) is 77.4 Å². The molecule has 15 heteroatoms. The minimum absolute atomic E-state index is 0. The van der Waals surface area contributed by atoms with Crippen LogP contribution in [0.1, 0.15) is 42.9 Å². The second-order valence-electron chi connectivity index (χ2n) is 13.0. The van der Waals surface area contributed by atoms with E-state index >= 15 is 0 Å². The van der Waals surface area contributed by atoms with Gasteiger partial charge in [0.05, 0.1) is 37.9 Å². The molecule has 1 amide bonds. The summed E-state index contributed by atoms with van der Waals surface area (Å²) in [5.74, 6) is -0.0322. The molecule has 0 aliphatic carbocycles. The van der Waals surface area contributed by atoms with Gasteiger partial charge in [0.1, 0.15) is 0 Å². The average molecular weight is 757 g/mol. The quantitative estimate of drug-likeness (QED) is 0.234. The SMILES string of the molecule is CCOc1nc(OC)c(CN2CC3CN(C(=O)C4(CC)COC4)CCN3C(C(c3ccccc3)c3ccccc3)C2)c(OCC(F)(F)F)n1.Cl.Cl. The van der Waals surface area contributed by atoms with Crippen LogP contribution in [0.3, 0.4) is 0 Å². The summed E-state index contributed by atoms with van der Waals surface area (Å²) >= 11 is 0. The van der Waals surface area contributed by atoms with Gasteiger partial charge in [0, 0.05) is 57.3 Å². The second kappa shape index (κ2) is 17.4. The zero-order chi connectivity index (χ0) is 34.6. The van der Waals surface area contributed by atoms with Crippen molar-refractivity contribution in [2.75, 3.05) is 66.3 Å². The summed E-state index contributed by atoms with van der Waals surface area (Å²) in [5, 5.41) is 0. The summed E-state index contributed by atoms with van der Waals surface area (Å²) in [5.41, 5.74) is 2.14. The third-order valence-electron chi connectivity index (χ3n) is 9.88. The van der Waals surface area contributed by atoms with Gasteiger partial charge in [-0.05, 0) is 24.5 Å². The van der Waals surface area contributed by atoms with Gasteiger partial charge in [-0.1, -0.05) is 67.6 Å². The molecule has 280 valence electrons. The summed E-state index contributed by atoms with van der Waals surface area (Å²) in [7, 11) is 1.41. The van der Waals surface area contributed by atoms with Crippen LogP contribution in [0.4, 0.5) is 13.2 Å². The molecule has 2 unspecified atom stereocenters. The van der Waals surface area contributed by atoms with E-state index in [1.54, 1.807) is 6.92 Å². The molecule has 0 spiro atoms. The van der Waals surface area contributed by atoms with Crippen LogP contribution in [0.5, 0.6) is 17.8 Å². The number of benzene rings is 2. The number of rotatable bonds is 12. The Morgan fingerprint density at radius 1 is 0.922 bits per heavy atom.